The third-order valence-corrected chi connectivity index (χ3v) is 3.85. The Labute approximate surface area is 105 Å². The third kappa shape index (κ3) is 3.83. The first-order chi connectivity index (χ1) is 8.25. The summed E-state index contributed by atoms with van der Waals surface area (Å²) < 4.78 is 0. The van der Waals surface area contributed by atoms with E-state index in [1.807, 2.05) is 0 Å². The molecule has 94 valence electrons. The van der Waals surface area contributed by atoms with Crippen LogP contribution in [0.2, 0.25) is 0 Å². The standard InChI is InChI=1S/C15H24N2/c1-13(16)15-8-5-10-17(12-15)11-9-14-6-3-2-4-7-14/h2-4,6-7,13,15H,5,8-12,16H2,1H3. The van der Waals surface area contributed by atoms with E-state index in [9.17, 15) is 0 Å². The summed E-state index contributed by atoms with van der Waals surface area (Å²) in [5.41, 5.74) is 7.45. The Hall–Kier alpha value is -0.860. The lowest BCUT2D eigenvalue weighted by atomic mass is 9.92. The lowest BCUT2D eigenvalue weighted by Crippen LogP contribution is -2.43. The van der Waals surface area contributed by atoms with E-state index in [1.165, 1.54) is 38.0 Å². The summed E-state index contributed by atoms with van der Waals surface area (Å²) in [5, 5.41) is 0. The molecule has 0 radical (unpaired) electrons. The predicted molar refractivity (Wildman–Crippen MR) is 73.0 cm³/mol. The number of nitrogens with zero attached hydrogens (tertiary/aromatic N) is 1. The van der Waals surface area contributed by atoms with Gasteiger partial charge in [-0.1, -0.05) is 30.3 Å². The number of nitrogens with two attached hydrogens (primary N) is 1. The van der Waals surface area contributed by atoms with Gasteiger partial charge >= 0.3 is 0 Å². The second-order valence-corrected chi connectivity index (χ2v) is 5.30. The molecule has 2 unspecified atom stereocenters. The van der Waals surface area contributed by atoms with Gasteiger partial charge in [0.15, 0.2) is 0 Å². The SMILES string of the molecule is CC(N)C1CCCN(CCc2ccccc2)C1. The molecule has 17 heavy (non-hydrogen) atoms. The van der Waals surface area contributed by atoms with Crippen molar-refractivity contribution in [2.24, 2.45) is 11.7 Å². The van der Waals surface area contributed by atoms with E-state index in [0.29, 0.717) is 12.0 Å². The Morgan fingerprint density at radius 2 is 2.12 bits per heavy atom. The van der Waals surface area contributed by atoms with Crippen molar-refractivity contribution in [3.63, 3.8) is 0 Å². The molecule has 1 fully saturated rings. The number of piperidine rings is 1. The number of benzene rings is 1. The van der Waals surface area contributed by atoms with Gasteiger partial charge in [-0.15, -0.1) is 0 Å². The second kappa shape index (κ2) is 6.18. The molecular weight excluding hydrogens is 208 g/mol. The quantitative estimate of drug-likeness (QED) is 0.863. The summed E-state index contributed by atoms with van der Waals surface area (Å²) in [6.45, 7) is 5.75. The summed E-state index contributed by atoms with van der Waals surface area (Å²) in [5.74, 6) is 0.694. The molecular formula is C15H24N2. The fraction of sp³-hybridized carbons (Fsp3) is 0.600. The first-order valence-electron chi connectivity index (χ1n) is 6.77. The lowest BCUT2D eigenvalue weighted by molar-refractivity contribution is 0.163. The molecule has 1 saturated heterocycles. The van der Waals surface area contributed by atoms with Gasteiger partial charge in [0.05, 0.1) is 0 Å². The molecule has 1 heterocycles. The van der Waals surface area contributed by atoms with Crippen LogP contribution in [0.3, 0.4) is 0 Å². The summed E-state index contributed by atoms with van der Waals surface area (Å²) >= 11 is 0. The van der Waals surface area contributed by atoms with Crippen molar-refractivity contribution in [2.45, 2.75) is 32.2 Å². The van der Waals surface area contributed by atoms with Crippen molar-refractivity contribution in [3.8, 4) is 0 Å². The predicted octanol–water partition coefficient (Wildman–Crippen LogP) is 2.29. The summed E-state index contributed by atoms with van der Waals surface area (Å²) in [6.07, 6.45) is 3.77. The monoisotopic (exact) mass is 232 g/mol. The van der Waals surface area contributed by atoms with Crippen molar-refractivity contribution in [3.05, 3.63) is 35.9 Å². The average molecular weight is 232 g/mol. The van der Waals surface area contributed by atoms with Crippen LogP contribution < -0.4 is 5.73 Å². The molecule has 1 aliphatic heterocycles. The van der Waals surface area contributed by atoms with E-state index in [0.717, 1.165) is 6.42 Å². The maximum absolute atomic E-state index is 6.01. The minimum atomic E-state index is 0.342. The van der Waals surface area contributed by atoms with E-state index in [2.05, 4.69) is 42.2 Å². The molecule has 1 aromatic rings. The first kappa shape index (κ1) is 12.6. The highest BCUT2D eigenvalue weighted by atomic mass is 15.1. The van der Waals surface area contributed by atoms with Crippen LogP contribution in [0.1, 0.15) is 25.3 Å². The first-order valence-corrected chi connectivity index (χ1v) is 6.77. The topological polar surface area (TPSA) is 29.3 Å². The molecule has 0 spiro atoms. The van der Waals surface area contributed by atoms with Gasteiger partial charge in [0, 0.05) is 19.1 Å². The van der Waals surface area contributed by atoms with Crippen LogP contribution in [0, 0.1) is 5.92 Å². The molecule has 0 saturated carbocycles. The Kier molecular flexibility index (Phi) is 4.57. The number of hydrogen-bond acceptors (Lipinski definition) is 2. The summed E-state index contributed by atoms with van der Waals surface area (Å²) in [7, 11) is 0. The molecule has 2 atom stereocenters. The average Bonchev–Trinajstić information content (AvgIpc) is 2.38. The second-order valence-electron chi connectivity index (χ2n) is 5.30. The van der Waals surface area contributed by atoms with Gasteiger partial charge in [0.1, 0.15) is 0 Å². The third-order valence-electron chi connectivity index (χ3n) is 3.85. The number of rotatable bonds is 4. The largest absolute Gasteiger partial charge is 0.328 e. The van der Waals surface area contributed by atoms with Crippen molar-refractivity contribution in [2.75, 3.05) is 19.6 Å². The molecule has 2 N–H and O–H groups in total. The summed E-state index contributed by atoms with van der Waals surface area (Å²) in [6, 6.07) is 11.1. The van der Waals surface area contributed by atoms with Crippen LogP contribution >= 0.6 is 0 Å². The normalized spacial score (nSPS) is 23.5. The van der Waals surface area contributed by atoms with Crippen molar-refractivity contribution in [1.82, 2.24) is 4.90 Å². The zero-order valence-electron chi connectivity index (χ0n) is 10.8. The van der Waals surface area contributed by atoms with E-state index in [1.54, 1.807) is 0 Å². The van der Waals surface area contributed by atoms with Crippen LogP contribution in [0.5, 0.6) is 0 Å². The maximum Gasteiger partial charge on any atom is 0.00509 e. The number of hydrogen-bond donors (Lipinski definition) is 1. The van der Waals surface area contributed by atoms with E-state index >= 15 is 0 Å². The lowest BCUT2D eigenvalue weighted by Gasteiger charge is -2.34. The van der Waals surface area contributed by atoms with Gasteiger partial charge in [-0.2, -0.15) is 0 Å². The van der Waals surface area contributed by atoms with E-state index < -0.39 is 0 Å². The highest BCUT2D eigenvalue weighted by Gasteiger charge is 2.22. The Morgan fingerprint density at radius 3 is 2.82 bits per heavy atom. The molecule has 0 bridgehead atoms. The van der Waals surface area contributed by atoms with Gasteiger partial charge < -0.3 is 10.6 Å². The van der Waals surface area contributed by atoms with E-state index in [-0.39, 0.29) is 0 Å². The smallest absolute Gasteiger partial charge is 0.00509 e. The van der Waals surface area contributed by atoms with Gasteiger partial charge in [-0.25, -0.2) is 0 Å². The fourth-order valence-electron chi connectivity index (χ4n) is 2.66. The molecule has 2 nitrogen and oxygen atoms in total. The highest BCUT2D eigenvalue weighted by molar-refractivity contribution is 5.14. The van der Waals surface area contributed by atoms with Crippen LogP contribution in [-0.2, 0) is 6.42 Å². The molecule has 1 aromatic carbocycles. The van der Waals surface area contributed by atoms with Gasteiger partial charge in [0.2, 0.25) is 0 Å². The Balaban J connectivity index is 1.79. The van der Waals surface area contributed by atoms with Gasteiger partial charge in [-0.3, -0.25) is 0 Å². The van der Waals surface area contributed by atoms with Crippen LogP contribution in [0.25, 0.3) is 0 Å². The highest BCUT2D eigenvalue weighted by Crippen LogP contribution is 2.18. The minimum Gasteiger partial charge on any atom is -0.328 e. The molecule has 1 aliphatic rings. The maximum atomic E-state index is 6.01. The Bertz CT molecular complexity index is 321. The van der Waals surface area contributed by atoms with E-state index in [4.69, 9.17) is 5.73 Å². The van der Waals surface area contributed by atoms with Crippen molar-refractivity contribution >= 4 is 0 Å². The van der Waals surface area contributed by atoms with Crippen molar-refractivity contribution in [1.29, 1.82) is 0 Å². The van der Waals surface area contributed by atoms with Crippen LogP contribution in [-0.4, -0.2) is 30.6 Å². The zero-order chi connectivity index (χ0) is 12.1. The fourth-order valence-corrected chi connectivity index (χ4v) is 2.66. The van der Waals surface area contributed by atoms with Crippen molar-refractivity contribution < 1.29 is 0 Å². The Morgan fingerprint density at radius 1 is 1.35 bits per heavy atom. The van der Waals surface area contributed by atoms with Crippen LogP contribution in [0.4, 0.5) is 0 Å². The zero-order valence-corrected chi connectivity index (χ0v) is 10.8. The molecule has 0 amide bonds. The van der Waals surface area contributed by atoms with Crippen LogP contribution in [0.15, 0.2) is 30.3 Å². The van der Waals surface area contributed by atoms with Gasteiger partial charge in [-0.05, 0) is 44.2 Å². The van der Waals surface area contributed by atoms with Gasteiger partial charge in [0.25, 0.3) is 0 Å². The molecule has 0 aliphatic carbocycles. The molecule has 2 heteroatoms. The molecule has 2 rings (SSSR count). The minimum absolute atomic E-state index is 0.342. The summed E-state index contributed by atoms with van der Waals surface area (Å²) in [4.78, 5) is 2.57. The molecule has 0 aromatic heterocycles. The number of likely N-dealkylation sites (tertiary alicyclic amines) is 1.